The third-order valence-electron chi connectivity index (χ3n) is 3.90. The number of rotatable bonds is 3. The van der Waals surface area contributed by atoms with E-state index in [9.17, 15) is 8.42 Å². The van der Waals surface area contributed by atoms with Crippen LogP contribution in [-0.4, -0.2) is 58.2 Å². The highest BCUT2D eigenvalue weighted by atomic mass is 32.2. The smallest absolute Gasteiger partial charge is 0.195 e. The zero-order valence-corrected chi connectivity index (χ0v) is 11.7. The first-order valence-corrected chi connectivity index (χ1v) is 8.18. The molecule has 7 nitrogen and oxygen atoms in total. The molecule has 0 aliphatic carbocycles. The van der Waals surface area contributed by atoms with E-state index in [1.54, 1.807) is 25.8 Å². The van der Waals surface area contributed by atoms with Gasteiger partial charge in [0, 0.05) is 26.2 Å². The van der Waals surface area contributed by atoms with Gasteiger partial charge >= 0.3 is 0 Å². The van der Waals surface area contributed by atoms with Gasteiger partial charge in [-0.1, -0.05) is 0 Å². The molecule has 0 amide bonds. The van der Waals surface area contributed by atoms with Crippen LogP contribution in [0.2, 0.25) is 0 Å². The molecule has 0 unspecified atom stereocenters. The van der Waals surface area contributed by atoms with E-state index >= 15 is 0 Å². The average molecular weight is 285 g/mol. The minimum atomic E-state index is -3.24. The molecule has 0 radical (unpaired) electrons. The lowest BCUT2D eigenvalue weighted by Crippen LogP contribution is -2.46. The summed E-state index contributed by atoms with van der Waals surface area (Å²) in [5.41, 5.74) is 0. The summed E-state index contributed by atoms with van der Waals surface area (Å²) in [6.45, 7) is 2.46. The summed E-state index contributed by atoms with van der Waals surface area (Å²) < 4.78 is 28.0. The zero-order chi connectivity index (χ0) is 13.3. The Bertz CT molecular complexity index is 501. The van der Waals surface area contributed by atoms with Crippen molar-refractivity contribution in [2.45, 2.75) is 31.7 Å². The predicted molar refractivity (Wildman–Crippen MR) is 69.6 cm³/mol. The molecule has 1 aromatic rings. The van der Waals surface area contributed by atoms with Gasteiger partial charge in [0.05, 0.1) is 18.4 Å². The Morgan fingerprint density at radius 3 is 2.00 bits per heavy atom. The van der Waals surface area contributed by atoms with Crippen LogP contribution in [0, 0.1) is 0 Å². The molecule has 1 aromatic heterocycles. The van der Waals surface area contributed by atoms with Crippen LogP contribution in [0.5, 0.6) is 0 Å². The Balaban J connectivity index is 1.63. The van der Waals surface area contributed by atoms with Gasteiger partial charge < -0.3 is 0 Å². The van der Waals surface area contributed by atoms with Gasteiger partial charge in [-0.25, -0.2) is 0 Å². The van der Waals surface area contributed by atoms with Crippen molar-refractivity contribution in [1.82, 2.24) is 23.6 Å². The Labute approximate surface area is 113 Å². The van der Waals surface area contributed by atoms with E-state index in [2.05, 4.69) is 10.2 Å². The molecule has 2 aliphatic rings. The van der Waals surface area contributed by atoms with Gasteiger partial charge in [-0.05, 0) is 25.7 Å². The first-order chi connectivity index (χ1) is 9.18. The SMILES string of the molecule is O=S(=O)(N1CCCC1)N1CCC(n2nccn2)CC1. The minimum absolute atomic E-state index is 0.222. The monoisotopic (exact) mass is 285 g/mol. The Kier molecular flexibility index (Phi) is 3.55. The summed E-state index contributed by atoms with van der Waals surface area (Å²) >= 11 is 0. The van der Waals surface area contributed by atoms with Crippen LogP contribution in [0.4, 0.5) is 0 Å². The van der Waals surface area contributed by atoms with Crippen LogP contribution in [0.25, 0.3) is 0 Å². The maximum Gasteiger partial charge on any atom is 0.281 e. The van der Waals surface area contributed by atoms with Crippen molar-refractivity contribution in [3.8, 4) is 0 Å². The van der Waals surface area contributed by atoms with Crippen LogP contribution in [0.1, 0.15) is 31.7 Å². The van der Waals surface area contributed by atoms with Crippen LogP contribution in [-0.2, 0) is 10.2 Å². The van der Waals surface area contributed by atoms with Crippen molar-refractivity contribution in [3.63, 3.8) is 0 Å². The van der Waals surface area contributed by atoms with E-state index in [-0.39, 0.29) is 6.04 Å². The average Bonchev–Trinajstić information content (AvgIpc) is 3.12. The van der Waals surface area contributed by atoms with Crippen LogP contribution >= 0.6 is 0 Å². The van der Waals surface area contributed by atoms with Gasteiger partial charge in [0.25, 0.3) is 10.2 Å². The standard InChI is InChI=1S/C11H19N5O2S/c17-19(18,14-7-1-2-8-14)15-9-3-11(4-10-15)16-12-5-6-13-16/h5-6,11H,1-4,7-10H2. The quantitative estimate of drug-likeness (QED) is 0.798. The van der Waals surface area contributed by atoms with Gasteiger partial charge in [-0.15, -0.1) is 0 Å². The van der Waals surface area contributed by atoms with Crippen molar-refractivity contribution < 1.29 is 8.42 Å². The van der Waals surface area contributed by atoms with Gasteiger partial charge in [0.15, 0.2) is 0 Å². The summed E-state index contributed by atoms with van der Waals surface area (Å²) in [7, 11) is -3.24. The fourth-order valence-corrected chi connectivity index (χ4v) is 4.52. The van der Waals surface area contributed by atoms with Crippen molar-refractivity contribution >= 4 is 10.2 Å². The molecular weight excluding hydrogens is 266 g/mol. The number of piperidine rings is 1. The summed E-state index contributed by atoms with van der Waals surface area (Å²) in [4.78, 5) is 1.69. The molecule has 2 saturated heterocycles. The minimum Gasteiger partial charge on any atom is -0.195 e. The summed E-state index contributed by atoms with van der Waals surface area (Å²) in [5, 5.41) is 8.26. The molecule has 0 spiro atoms. The van der Waals surface area contributed by atoms with Crippen molar-refractivity contribution in [2.75, 3.05) is 26.2 Å². The van der Waals surface area contributed by atoms with E-state index < -0.39 is 10.2 Å². The van der Waals surface area contributed by atoms with Crippen LogP contribution in [0.3, 0.4) is 0 Å². The molecule has 2 fully saturated rings. The summed E-state index contributed by atoms with van der Waals surface area (Å²) in [6.07, 6.45) is 6.84. The highest BCUT2D eigenvalue weighted by Crippen LogP contribution is 2.25. The van der Waals surface area contributed by atoms with Crippen molar-refractivity contribution in [3.05, 3.63) is 12.4 Å². The molecule has 3 heterocycles. The second kappa shape index (κ2) is 5.18. The number of hydrogen-bond acceptors (Lipinski definition) is 4. The van der Waals surface area contributed by atoms with Gasteiger partial charge in [-0.3, -0.25) is 0 Å². The normalized spacial score (nSPS) is 24.0. The Morgan fingerprint density at radius 2 is 1.42 bits per heavy atom. The Morgan fingerprint density at radius 1 is 0.895 bits per heavy atom. The molecule has 0 atom stereocenters. The fourth-order valence-electron chi connectivity index (χ4n) is 2.80. The lowest BCUT2D eigenvalue weighted by molar-refractivity contribution is 0.235. The molecule has 3 rings (SSSR count). The highest BCUT2D eigenvalue weighted by molar-refractivity contribution is 7.86. The maximum absolute atomic E-state index is 12.4. The van der Waals surface area contributed by atoms with Crippen molar-refractivity contribution in [1.29, 1.82) is 0 Å². The second-order valence-corrected chi connectivity index (χ2v) is 7.02. The summed E-state index contributed by atoms with van der Waals surface area (Å²) in [6, 6.07) is 0.222. The topological polar surface area (TPSA) is 71.3 Å². The van der Waals surface area contributed by atoms with Gasteiger partial charge in [-0.2, -0.15) is 32.0 Å². The molecule has 0 N–H and O–H groups in total. The molecule has 2 aliphatic heterocycles. The van der Waals surface area contributed by atoms with Gasteiger partial charge in [0.1, 0.15) is 0 Å². The number of hydrogen-bond donors (Lipinski definition) is 0. The lowest BCUT2D eigenvalue weighted by Gasteiger charge is -2.33. The van der Waals surface area contributed by atoms with Crippen LogP contribution in [0.15, 0.2) is 12.4 Å². The van der Waals surface area contributed by atoms with E-state index in [0.29, 0.717) is 26.2 Å². The molecule has 106 valence electrons. The maximum atomic E-state index is 12.4. The molecule has 0 saturated carbocycles. The first-order valence-electron chi connectivity index (χ1n) is 6.79. The molecular formula is C11H19N5O2S. The third-order valence-corrected chi connectivity index (χ3v) is 5.94. The number of nitrogens with zero attached hydrogens (tertiary/aromatic N) is 5. The third kappa shape index (κ3) is 2.52. The van der Waals surface area contributed by atoms with E-state index in [1.165, 1.54) is 0 Å². The summed E-state index contributed by atoms with van der Waals surface area (Å²) in [5.74, 6) is 0. The van der Waals surface area contributed by atoms with Crippen molar-refractivity contribution in [2.24, 2.45) is 0 Å². The number of aromatic nitrogens is 3. The highest BCUT2D eigenvalue weighted by Gasteiger charge is 2.34. The Hall–Kier alpha value is -0.990. The van der Waals surface area contributed by atoms with E-state index in [4.69, 9.17) is 0 Å². The zero-order valence-electron chi connectivity index (χ0n) is 10.8. The lowest BCUT2D eigenvalue weighted by atomic mass is 10.1. The van der Waals surface area contributed by atoms with E-state index in [0.717, 1.165) is 25.7 Å². The van der Waals surface area contributed by atoms with Crippen LogP contribution < -0.4 is 0 Å². The molecule has 8 heteroatoms. The second-order valence-electron chi connectivity index (χ2n) is 5.09. The largest absolute Gasteiger partial charge is 0.281 e. The van der Waals surface area contributed by atoms with Gasteiger partial charge in [0.2, 0.25) is 0 Å². The first kappa shape index (κ1) is 13.0. The van der Waals surface area contributed by atoms with E-state index in [1.807, 2.05) is 0 Å². The predicted octanol–water partition coefficient (Wildman–Crippen LogP) is 0.256. The molecule has 0 aromatic carbocycles. The fraction of sp³-hybridized carbons (Fsp3) is 0.818. The molecule has 19 heavy (non-hydrogen) atoms. The molecule has 0 bridgehead atoms.